The van der Waals surface area contributed by atoms with Crippen LogP contribution in [0.3, 0.4) is 0 Å². The van der Waals surface area contributed by atoms with Crippen molar-refractivity contribution in [1.29, 1.82) is 0 Å². The van der Waals surface area contributed by atoms with Gasteiger partial charge in [0, 0.05) is 60.5 Å². The van der Waals surface area contributed by atoms with Crippen LogP contribution in [0.4, 0.5) is 22.0 Å². The maximum atomic E-state index is 13.6. The summed E-state index contributed by atoms with van der Waals surface area (Å²) in [5.41, 5.74) is 0.357. The normalized spacial score (nSPS) is 17.2. The highest BCUT2D eigenvalue weighted by molar-refractivity contribution is 7.89. The summed E-state index contributed by atoms with van der Waals surface area (Å²) in [6.07, 6.45) is -2.57. The van der Waals surface area contributed by atoms with Gasteiger partial charge in [-0.15, -0.1) is 11.3 Å². The molecule has 0 bridgehead atoms. The quantitative estimate of drug-likeness (QED) is 0.422. The maximum absolute atomic E-state index is 13.6. The third-order valence-corrected chi connectivity index (χ3v) is 8.86. The van der Waals surface area contributed by atoms with Gasteiger partial charge in [-0.2, -0.15) is 17.5 Å². The number of hydrogen-bond acceptors (Lipinski definition) is 7. The summed E-state index contributed by atoms with van der Waals surface area (Å²) in [6.45, 7) is 2.47. The Kier molecular flexibility index (Phi) is 7.56. The SMILES string of the molecule is Cc1cnc(-c2ccc(S(=O)(=O)N3CCC(F)(F)CC3)c(C(=O)NC(C)c3cnc(C(F)(F)F)nc3)c2)s1. The number of rotatable bonds is 6. The topological polar surface area (TPSA) is 105 Å². The molecule has 4 rings (SSSR count). The number of halogens is 5. The largest absolute Gasteiger partial charge is 0.451 e. The fraction of sp³-hybridized carbons (Fsp3) is 0.391. The van der Waals surface area contributed by atoms with E-state index in [4.69, 9.17) is 0 Å². The van der Waals surface area contributed by atoms with E-state index in [2.05, 4.69) is 20.3 Å². The Hall–Kier alpha value is -3.04. The minimum Gasteiger partial charge on any atom is -0.345 e. The van der Waals surface area contributed by atoms with Crippen molar-refractivity contribution in [3.8, 4) is 10.6 Å². The van der Waals surface area contributed by atoms with Crippen molar-refractivity contribution < 1.29 is 35.2 Å². The summed E-state index contributed by atoms with van der Waals surface area (Å²) in [5.74, 6) is -5.15. The molecule has 2 aromatic heterocycles. The first-order chi connectivity index (χ1) is 17.7. The van der Waals surface area contributed by atoms with Gasteiger partial charge in [0.15, 0.2) is 0 Å². The molecule has 1 aliphatic heterocycles. The summed E-state index contributed by atoms with van der Waals surface area (Å²) in [7, 11) is -4.33. The number of hydrogen-bond donors (Lipinski definition) is 1. The molecule has 1 saturated heterocycles. The lowest BCUT2D eigenvalue weighted by Crippen LogP contribution is -2.43. The Labute approximate surface area is 219 Å². The molecule has 1 fully saturated rings. The highest BCUT2D eigenvalue weighted by atomic mass is 32.2. The molecule has 3 heterocycles. The van der Waals surface area contributed by atoms with Crippen LogP contribution in [0.5, 0.6) is 0 Å². The van der Waals surface area contributed by atoms with E-state index in [9.17, 15) is 35.2 Å². The predicted octanol–water partition coefficient (Wildman–Crippen LogP) is 4.84. The molecule has 0 spiro atoms. The molecule has 0 radical (unpaired) electrons. The summed E-state index contributed by atoms with van der Waals surface area (Å²) < 4.78 is 93.4. The highest BCUT2D eigenvalue weighted by Crippen LogP contribution is 2.34. The zero-order valence-corrected chi connectivity index (χ0v) is 21.7. The van der Waals surface area contributed by atoms with Crippen LogP contribution in [0.1, 0.15) is 52.4 Å². The molecule has 1 aliphatic rings. The Morgan fingerprint density at radius 2 is 1.74 bits per heavy atom. The average Bonchev–Trinajstić information content (AvgIpc) is 3.29. The van der Waals surface area contributed by atoms with Gasteiger partial charge >= 0.3 is 6.18 Å². The third kappa shape index (κ3) is 5.99. The summed E-state index contributed by atoms with van der Waals surface area (Å²) in [5, 5.41) is 3.09. The number of nitrogens with one attached hydrogen (secondary N) is 1. The first-order valence-electron chi connectivity index (χ1n) is 11.3. The monoisotopic (exact) mass is 575 g/mol. The summed E-state index contributed by atoms with van der Waals surface area (Å²) >= 11 is 1.32. The Morgan fingerprint density at radius 1 is 1.11 bits per heavy atom. The van der Waals surface area contributed by atoms with Crippen molar-refractivity contribution in [2.75, 3.05) is 13.1 Å². The van der Waals surface area contributed by atoms with Gasteiger partial charge in [-0.05, 0) is 26.0 Å². The van der Waals surface area contributed by atoms with Crippen molar-refractivity contribution in [3.05, 3.63) is 58.6 Å². The van der Waals surface area contributed by atoms with E-state index in [-0.39, 0.29) is 16.0 Å². The molecule has 1 aromatic carbocycles. The molecule has 1 atom stereocenters. The van der Waals surface area contributed by atoms with Gasteiger partial charge in [0.25, 0.3) is 11.8 Å². The summed E-state index contributed by atoms with van der Waals surface area (Å²) in [4.78, 5) is 24.7. The average molecular weight is 576 g/mol. The van der Waals surface area contributed by atoms with Crippen molar-refractivity contribution in [3.63, 3.8) is 0 Å². The molecule has 1 N–H and O–H groups in total. The van der Waals surface area contributed by atoms with Gasteiger partial charge < -0.3 is 5.32 Å². The molecule has 38 heavy (non-hydrogen) atoms. The van der Waals surface area contributed by atoms with Crippen LogP contribution in [0.25, 0.3) is 10.6 Å². The number of sulfonamides is 1. The van der Waals surface area contributed by atoms with E-state index in [0.717, 1.165) is 21.6 Å². The van der Waals surface area contributed by atoms with E-state index in [1.54, 1.807) is 6.20 Å². The summed E-state index contributed by atoms with van der Waals surface area (Å²) in [6, 6.07) is 3.16. The van der Waals surface area contributed by atoms with Crippen LogP contribution in [-0.4, -0.2) is 52.6 Å². The molecule has 15 heteroatoms. The molecule has 204 valence electrons. The van der Waals surface area contributed by atoms with Gasteiger partial charge in [-0.1, -0.05) is 6.07 Å². The number of nitrogens with zero attached hydrogens (tertiary/aromatic N) is 4. The van der Waals surface area contributed by atoms with E-state index in [0.29, 0.717) is 10.6 Å². The Balaban J connectivity index is 1.67. The molecule has 1 amide bonds. The number of carbonyl (C=O) groups excluding carboxylic acids is 1. The minimum atomic E-state index is -4.73. The number of benzene rings is 1. The molecular weight excluding hydrogens is 553 g/mol. The maximum Gasteiger partial charge on any atom is 0.451 e. The van der Waals surface area contributed by atoms with Gasteiger partial charge in [0.05, 0.1) is 16.5 Å². The molecule has 0 aliphatic carbocycles. The van der Waals surface area contributed by atoms with Gasteiger partial charge in [0.1, 0.15) is 5.01 Å². The van der Waals surface area contributed by atoms with Crippen LogP contribution in [0.15, 0.2) is 41.7 Å². The molecular formula is C23H22F5N5O3S2. The second-order valence-electron chi connectivity index (χ2n) is 8.78. The van der Waals surface area contributed by atoms with Crippen molar-refractivity contribution in [2.45, 2.75) is 49.7 Å². The highest BCUT2D eigenvalue weighted by Gasteiger charge is 2.40. The second kappa shape index (κ2) is 10.3. The van der Waals surface area contributed by atoms with Crippen molar-refractivity contribution >= 4 is 27.3 Å². The van der Waals surface area contributed by atoms with E-state index in [1.807, 2.05) is 6.92 Å². The predicted molar refractivity (Wildman–Crippen MR) is 128 cm³/mol. The van der Waals surface area contributed by atoms with Crippen LogP contribution in [-0.2, 0) is 16.2 Å². The van der Waals surface area contributed by atoms with Crippen molar-refractivity contribution in [2.24, 2.45) is 0 Å². The Morgan fingerprint density at radius 3 is 2.29 bits per heavy atom. The van der Waals surface area contributed by atoms with E-state index < -0.39 is 65.8 Å². The smallest absolute Gasteiger partial charge is 0.345 e. The fourth-order valence-electron chi connectivity index (χ4n) is 3.81. The van der Waals surface area contributed by atoms with Gasteiger partial charge in [-0.3, -0.25) is 4.79 Å². The number of piperidine rings is 1. The number of aromatic nitrogens is 3. The lowest BCUT2D eigenvalue weighted by atomic mass is 10.1. The minimum absolute atomic E-state index is 0.153. The van der Waals surface area contributed by atoms with Crippen LogP contribution >= 0.6 is 11.3 Å². The van der Waals surface area contributed by atoms with E-state index in [1.165, 1.54) is 36.5 Å². The number of aryl methyl sites for hydroxylation is 1. The first-order valence-corrected chi connectivity index (χ1v) is 13.6. The second-order valence-corrected chi connectivity index (χ2v) is 11.9. The zero-order chi connectivity index (χ0) is 27.9. The Bertz CT molecular complexity index is 1430. The lowest BCUT2D eigenvalue weighted by molar-refractivity contribution is -0.145. The van der Waals surface area contributed by atoms with E-state index >= 15 is 0 Å². The molecule has 1 unspecified atom stereocenters. The van der Waals surface area contributed by atoms with Gasteiger partial charge in [0.2, 0.25) is 15.8 Å². The molecule has 0 saturated carbocycles. The number of thiazole rings is 1. The van der Waals surface area contributed by atoms with Crippen LogP contribution < -0.4 is 5.32 Å². The van der Waals surface area contributed by atoms with Crippen molar-refractivity contribution in [1.82, 2.24) is 24.6 Å². The number of carbonyl (C=O) groups is 1. The van der Waals surface area contributed by atoms with Gasteiger partial charge in [-0.25, -0.2) is 32.2 Å². The van der Waals surface area contributed by atoms with Crippen LogP contribution in [0, 0.1) is 6.92 Å². The fourth-order valence-corrected chi connectivity index (χ4v) is 6.18. The zero-order valence-electron chi connectivity index (χ0n) is 20.1. The first kappa shape index (κ1) is 28.0. The molecule has 3 aromatic rings. The van der Waals surface area contributed by atoms with Crippen LogP contribution in [0.2, 0.25) is 0 Å². The third-order valence-electron chi connectivity index (χ3n) is 5.94. The number of amides is 1. The standard InChI is InChI=1S/C23H22F5N5O3S2/c1-13-10-29-20(37-13)15-3-4-18(38(35,36)33-7-5-22(24,25)6-8-33)17(9-15)19(34)32-14(2)16-11-30-21(31-12-16)23(26,27)28/h3-4,9-12,14H,5-8H2,1-2H3,(H,32,34). The number of alkyl halides is 5. The lowest BCUT2D eigenvalue weighted by Gasteiger charge is -2.31. The molecule has 8 nitrogen and oxygen atoms in total.